The molecule has 25 heavy (non-hydrogen) atoms. The number of amides is 1. The zero-order valence-corrected chi connectivity index (χ0v) is 14.0. The van der Waals surface area contributed by atoms with Gasteiger partial charge in [0.05, 0.1) is 13.1 Å². The highest BCUT2D eigenvalue weighted by Gasteiger charge is 2.28. The van der Waals surface area contributed by atoms with Crippen LogP contribution in [0, 0.1) is 18.2 Å². The van der Waals surface area contributed by atoms with Gasteiger partial charge in [-0.05, 0) is 30.0 Å². The maximum Gasteiger partial charge on any atom is 0.234 e. The molecule has 0 heterocycles. The van der Waals surface area contributed by atoms with E-state index in [0.29, 0.717) is 12.1 Å². The summed E-state index contributed by atoms with van der Waals surface area (Å²) in [5.41, 5.74) is 3.05. The third kappa shape index (κ3) is 4.07. The van der Waals surface area contributed by atoms with Crippen LogP contribution in [0.5, 0.6) is 0 Å². The number of terminal acetylenes is 1. The van der Waals surface area contributed by atoms with Crippen LogP contribution < -0.4 is 5.32 Å². The van der Waals surface area contributed by atoms with Crippen molar-refractivity contribution in [2.75, 3.05) is 13.1 Å². The van der Waals surface area contributed by atoms with Crippen LogP contribution in [0.15, 0.2) is 48.5 Å². The number of hydrogen-bond donors (Lipinski definition) is 1. The first-order chi connectivity index (χ1) is 12.2. The molecule has 4 heteroatoms. The fourth-order valence-corrected chi connectivity index (χ4v) is 3.38. The fourth-order valence-electron chi connectivity index (χ4n) is 3.38. The average Bonchev–Trinajstić information content (AvgIpc) is 3.05. The van der Waals surface area contributed by atoms with Crippen LogP contribution in [0.2, 0.25) is 0 Å². The summed E-state index contributed by atoms with van der Waals surface area (Å²) in [6.07, 6.45) is 7.46. The summed E-state index contributed by atoms with van der Waals surface area (Å²) in [6.45, 7) is 0.792. The number of halogens is 1. The molecule has 1 N–H and O–H groups in total. The number of nitrogens with one attached hydrogen (secondary N) is 1. The number of carbonyl (C=O) groups excluding carboxylic acids is 1. The van der Waals surface area contributed by atoms with E-state index in [1.54, 1.807) is 18.2 Å². The molecule has 0 saturated heterocycles. The Morgan fingerprint density at radius 2 is 2.00 bits per heavy atom. The molecular weight excluding hydrogens is 315 g/mol. The first-order valence-electron chi connectivity index (χ1n) is 8.44. The minimum absolute atomic E-state index is 0.150. The summed E-state index contributed by atoms with van der Waals surface area (Å²) in [5.74, 6) is 2.19. The molecule has 1 atom stereocenters. The second-order valence-corrected chi connectivity index (χ2v) is 6.23. The van der Waals surface area contributed by atoms with E-state index < -0.39 is 0 Å². The van der Waals surface area contributed by atoms with Crippen molar-refractivity contribution in [3.63, 3.8) is 0 Å². The van der Waals surface area contributed by atoms with Crippen LogP contribution >= 0.6 is 0 Å². The Morgan fingerprint density at radius 1 is 1.24 bits per heavy atom. The predicted octanol–water partition coefficient (Wildman–Crippen LogP) is 3.06. The molecule has 0 unspecified atom stereocenters. The van der Waals surface area contributed by atoms with E-state index in [0.717, 1.165) is 12.8 Å². The van der Waals surface area contributed by atoms with E-state index in [1.807, 2.05) is 17.0 Å². The number of aryl methyl sites for hydroxylation is 1. The molecule has 3 nitrogen and oxygen atoms in total. The van der Waals surface area contributed by atoms with Gasteiger partial charge in [-0.1, -0.05) is 48.4 Å². The van der Waals surface area contributed by atoms with Crippen molar-refractivity contribution in [1.82, 2.24) is 10.2 Å². The monoisotopic (exact) mass is 336 g/mol. The molecule has 128 valence electrons. The number of hydrogen-bond acceptors (Lipinski definition) is 2. The molecule has 0 aromatic heterocycles. The van der Waals surface area contributed by atoms with Crippen molar-refractivity contribution in [2.45, 2.75) is 25.4 Å². The summed E-state index contributed by atoms with van der Waals surface area (Å²) in [6, 6.07) is 14.9. The Bertz CT molecular complexity index is 796. The van der Waals surface area contributed by atoms with E-state index >= 15 is 0 Å². The SMILES string of the molecule is C#CCN(CC(=O)NCc1ccccc1F)[C@H]1CCc2ccccc21. The molecular formula is C21H21FN2O. The van der Waals surface area contributed by atoms with Crippen LogP contribution in [0.25, 0.3) is 0 Å². The molecule has 1 aliphatic rings. The smallest absolute Gasteiger partial charge is 0.234 e. The number of rotatable bonds is 6. The lowest BCUT2D eigenvalue weighted by atomic mass is 10.1. The zero-order valence-electron chi connectivity index (χ0n) is 14.0. The van der Waals surface area contributed by atoms with Crippen LogP contribution in [-0.2, 0) is 17.8 Å². The highest BCUT2D eigenvalue weighted by Crippen LogP contribution is 2.35. The van der Waals surface area contributed by atoms with E-state index in [9.17, 15) is 9.18 Å². The van der Waals surface area contributed by atoms with Crippen molar-refractivity contribution in [2.24, 2.45) is 0 Å². The van der Waals surface area contributed by atoms with Crippen LogP contribution in [0.4, 0.5) is 4.39 Å². The largest absolute Gasteiger partial charge is 0.351 e. The predicted molar refractivity (Wildman–Crippen MR) is 96.2 cm³/mol. The van der Waals surface area contributed by atoms with Gasteiger partial charge >= 0.3 is 0 Å². The molecule has 0 radical (unpaired) electrons. The Hall–Kier alpha value is -2.64. The van der Waals surface area contributed by atoms with E-state index in [1.165, 1.54) is 17.2 Å². The maximum absolute atomic E-state index is 13.6. The lowest BCUT2D eigenvalue weighted by molar-refractivity contribution is -0.122. The minimum atomic E-state index is -0.312. The minimum Gasteiger partial charge on any atom is -0.351 e. The van der Waals surface area contributed by atoms with Gasteiger partial charge in [0.2, 0.25) is 5.91 Å². The lowest BCUT2D eigenvalue weighted by Gasteiger charge is -2.27. The number of benzene rings is 2. The van der Waals surface area contributed by atoms with Gasteiger partial charge in [-0.25, -0.2) is 4.39 Å². The van der Waals surface area contributed by atoms with Gasteiger partial charge in [0.1, 0.15) is 5.82 Å². The summed E-state index contributed by atoms with van der Waals surface area (Å²) < 4.78 is 13.6. The summed E-state index contributed by atoms with van der Waals surface area (Å²) in [7, 11) is 0. The molecule has 2 aromatic carbocycles. The third-order valence-electron chi connectivity index (χ3n) is 4.62. The summed E-state index contributed by atoms with van der Waals surface area (Å²) in [4.78, 5) is 14.4. The second kappa shape index (κ2) is 7.96. The highest BCUT2D eigenvalue weighted by molar-refractivity contribution is 5.78. The van der Waals surface area contributed by atoms with Crippen LogP contribution in [0.3, 0.4) is 0 Å². The molecule has 2 aromatic rings. The molecule has 0 aliphatic heterocycles. The van der Waals surface area contributed by atoms with E-state index in [-0.39, 0.29) is 30.9 Å². The molecule has 1 amide bonds. The number of fused-ring (bicyclic) bond motifs is 1. The number of carbonyl (C=O) groups is 1. The normalized spacial score (nSPS) is 15.6. The summed E-state index contributed by atoms with van der Waals surface area (Å²) in [5, 5.41) is 2.79. The maximum atomic E-state index is 13.6. The molecule has 0 spiro atoms. The van der Waals surface area contributed by atoms with Crippen molar-refractivity contribution in [1.29, 1.82) is 0 Å². The van der Waals surface area contributed by atoms with Gasteiger partial charge < -0.3 is 5.32 Å². The molecule has 1 aliphatic carbocycles. The molecule has 0 saturated carbocycles. The quantitative estimate of drug-likeness (QED) is 0.822. The average molecular weight is 336 g/mol. The topological polar surface area (TPSA) is 32.3 Å². The summed E-state index contributed by atoms with van der Waals surface area (Å²) >= 11 is 0. The second-order valence-electron chi connectivity index (χ2n) is 6.23. The van der Waals surface area contributed by atoms with Gasteiger partial charge in [0, 0.05) is 18.2 Å². The van der Waals surface area contributed by atoms with E-state index in [4.69, 9.17) is 6.42 Å². The molecule has 0 fully saturated rings. The highest BCUT2D eigenvalue weighted by atomic mass is 19.1. The Balaban J connectivity index is 1.63. The molecule has 3 rings (SSSR count). The van der Waals surface area contributed by atoms with Crippen molar-refractivity contribution < 1.29 is 9.18 Å². The molecule has 0 bridgehead atoms. The Labute approximate surface area is 147 Å². The van der Waals surface area contributed by atoms with Gasteiger partial charge in [0.25, 0.3) is 0 Å². The van der Waals surface area contributed by atoms with Gasteiger partial charge in [0.15, 0.2) is 0 Å². The van der Waals surface area contributed by atoms with Gasteiger partial charge in [-0.15, -0.1) is 6.42 Å². The standard InChI is InChI=1S/C21H21FN2O/c1-2-13-24(20-12-11-16-7-3-5-9-18(16)20)15-21(25)23-14-17-8-4-6-10-19(17)22/h1,3-10,20H,11-15H2,(H,23,25)/t20-/m0/s1. The lowest BCUT2D eigenvalue weighted by Crippen LogP contribution is -2.39. The van der Waals surface area contributed by atoms with Gasteiger partial charge in [-0.3, -0.25) is 9.69 Å². The fraction of sp³-hybridized carbons (Fsp3) is 0.286. The zero-order chi connectivity index (χ0) is 17.6. The number of nitrogens with zero attached hydrogens (tertiary/aromatic N) is 1. The first kappa shape index (κ1) is 17.2. The van der Waals surface area contributed by atoms with Crippen molar-refractivity contribution in [3.05, 3.63) is 71.0 Å². The van der Waals surface area contributed by atoms with E-state index in [2.05, 4.69) is 23.4 Å². The van der Waals surface area contributed by atoms with Gasteiger partial charge in [-0.2, -0.15) is 0 Å². The van der Waals surface area contributed by atoms with Crippen LogP contribution in [0.1, 0.15) is 29.2 Å². The Morgan fingerprint density at radius 3 is 2.80 bits per heavy atom. The third-order valence-corrected chi connectivity index (χ3v) is 4.62. The first-order valence-corrected chi connectivity index (χ1v) is 8.44. The van der Waals surface area contributed by atoms with Crippen molar-refractivity contribution in [3.8, 4) is 12.3 Å². The van der Waals surface area contributed by atoms with Crippen molar-refractivity contribution >= 4 is 5.91 Å². The Kier molecular flexibility index (Phi) is 5.47. The van der Waals surface area contributed by atoms with Crippen LogP contribution in [-0.4, -0.2) is 23.9 Å².